The highest BCUT2D eigenvalue weighted by atomic mass is 16.2. The van der Waals surface area contributed by atoms with Crippen molar-refractivity contribution in [2.24, 2.45) is 11.5 Å². The third kappa shape index (κ3) is 11.7. The summed E-state index contributed by atoms with van der Waals surface area (Å²) in [6.45, 7) is 7.18. The van der Waals surface area contributed by atoms with Gasteiger partial charge in [-0.3, -0.25) is 34.3 Å². The Kier molecular flexibility index (Phi) is 14.7. The predicted molar refractivity (Wildman–Crippen MR) is 203 cm³/mol. The van der Waals surface area contributed by atoms with Crippen LogP contribution in [0.4, 0.5) is 4.79 Å². The van der Waals surface area contributed by atoms with Crippen molar-refractivity contribution in [3.05, 3.63) is 84.6 Å². The molecule has 0 bridgehead atoms. The Morgan fingerprint density at radius 1 is 0.926 bits per heavy atom. The van der Waals surface area contributed by atoms with E-state index in [4.69, 9.17) is 11.5 Å². The van der Waals surface area contributed by atoms with E-state index in [0.29, 0.717) is 12.1 Å². The van der Waals surface area contributed by atoms with E-state index < -0.39 is 65.8 Å². The summed E-state index contributed by atoms with van der Waals surface area (Å²) in [6, 6.07) is 9.93. The van der Waals surface area contributed by atoms with Crippen LogP contribution in [0.3, 0.4) is 0 Å². The second-order valence-electron chi connectivity index (χ2n) is 13.0. The van der Waals surface area contributed by atoms with E-state index in [0.717, 1.165) is 21.5 Å². The van der Waals surface area contributed by atoms with Crippen LogP contribution in [0.15, 0.2) is 73.4 Å². The number of H-pyrrole nitrogens is 1. The molecule has 3 aromatic rings. The summed E-state index contributed by atoms with van der Waals surface area (Å²) in [5.41, 5.74) is 16.1. The molecule has 1 aliphatic heterocycles. The zero-order valence-electron chi connectivity index (χ0n) is 30.4. The van der Waals surface area contributed by atoms with Crippen molar-refractivity contribution >= 4 is 46.5 Å². The second-order valence-corrected chi connectivity index (χ2v) is 13.0. The van der Waals surface area contributed by atoms with Gasteiger partial charge in [0.2, 0.25) is 23.6 Å². The summed E-state index contributed by atoms with van der Waals surface area (Å²) in [5, 5.41) is 12.5. The Morgan fingerprint density at radius 2 is 1.57 bits per heavy atom. The van der Waals surface area contributed by atoms with Crippen LogP contribution < -0.4 is 38.2 Å². The molecule has 0 spiro atoms. The lowest BCUT2D eigenvalue weighted by molar-refractivity contribution is -0.133. The molecule has 2 aromatic carbocycles. The van der Waals surface area contributed by atoms with E-state index >= 15 is 0 Å². The van der Waals surface area contributed by atoms with Gasteiger partial charge in [-0.15, -0.1) is 6.58 Å². The molecule has 1 aliphatic rings. The van der Waals surface area contributed by atoms with Gasteiger partial charge in [-0.05, 0) is 37.5 Å². The highest BCUT2D eigenvalue weighted by Crippen LogP contribution is 2.19. The Labute approximate surface area is 313 Å². The van der Waals surface area contributed by atoms with Crippen molar-refractivity contribution in [3.8, 4) is 11.8 Å². The number of fused-ring (bicyclic) bond motifs is 1. The number of urea groups is 1. The van der Waals surface area contributed by atoms with Crippen LogP contribution in [0.5, 0.6) is 0 Å². The first-order valence-electron chi connectivity index (χ1n) is 17.6. The van der Waals surface area contributed by atoms with Gasteiger partial charge < -0.3 is 37.7 Å². The smallest absolute Gasteiger partial charge is 0.337 e. The van der Waals surface area contributed by atoms with Crippen LogP contribution >= 0.6 is 0 Å². The molecule has 4 rings (SSSR count). The van der Waals surface area contributed by atoms with Crippen LogP contribution in [0.1, 0.15) is 31.4 Å². The number of carbonyl (C=O) groups is 6. The van der Waals surface area contributed by atoms with Gasteiger partial charge >= 0.3 is 6.03 Å². The summed E-state index contributed by atoms with van der Waals surface area (Å²) in [5.74, 6) is 2.28. The van der Waals surface area contributed by atoms with Crippen molar-refractivity contribution in [2.45, 2.75) is 63.3 Å². The molecule has 0 radical (unpaired) electrons. The maximum atomic E-state index is 14.2. The molecule has 54 heavy (non-hydrogen) atoms. The number of amides is 7. The van der Waals surface area contributed by atoms with Crippen molar-refractivity contribution in [1.82, 2.24) is 41.6 Å². The molecule has 0 saturated heterocycles. The van der Waals surface area contributed by atoms with E-state index in [9.17, 15) is 28.8 Å². The van der Waals surface area contributed by atoms with Gasteiger partial charge in [0.05, 0.1) is 12.6 Å². The zero-order chi connectivity index (χ0) is 39.2. The number of carbonyl (C=O) groups excluding carboxylic acids is 6. The van der Waals surface area contributed by atoms with Crippen molar-refractivity contribution in [1.29, 1.82) is 0 Å². The van der Waals surface area contributed by atoms with Gasteiger partial charge in [0.15, 0.2) is 0 Å². The number of hydrogen-bond acceptors (Lipinski definition) is 8. The first-order valence-corrected chi connectivity index (χ1v) is 17.6. The van der Waals surface area contributed by atoms with Crippen LogP contribution in [0.2, 0.25) is 0 Å². The highest BCUT2D eigenvalue weighted by Gasteiger charge is 2.32. The number of aromatic amines is 1. The van der Waals surface area contributed by atoms with Gasteiger partial charge in [-0.2, -0.15) is 0 Å². The predicted octanol–water partition coefficient (Wildman–Crippen LogP) is -0.434. The van der Waals surface area contributed by atoms with Crippen molar-refractivity contribution < 1.29 is 28.8 Å². The number of nitrogens with one attached hydrogen (secondary N) is 6. The minimum Gasteiger partial charge on any atom is -0.368 e. The second kappa shape index (κ2) is 19.6. The van der Waals surface area contributed by atoms with Gasteiger partial charge in [-0.25, -0.2) is 9.80 Å². The molecule has 7 amide bonds. The lowest BCUT2D eigenvalue weighted by Crippen LogP contribution is -2.60. The summed E-state index contributed by atoms with van der Waals surface area (Å²) in [6.07, 6.45) is 3.56. The summed E-state index contributed by atoms with van der Waals surface area (Å²) >= 11 is 0. The lowest BCUT2D eigenvalue weighted by Gasteiger charge is -2.27. The van der Waals surface area contributed by atoms with Gasteiger partial charge in [0, 0.05) is 43.0 Å². The van der Waals surface area contributed by atoms with E-state index in [2.05, 4.69) is 50.1 Å². The van der Waals surface area contributed by atoms with Crippen LogP contribution in [-0.2, 0) is 36.8 Å². The topological polar surface area (TPSA) is 237 Å². The van der Waals surface area contributed by atoms with Crippen LogP contribution in [0, 0.1) is 11.8 Å². The lowest BCUT2D eigenvalue weighted by atomic mass is 10.0. The molecule has 5 atom stereocenters. The number of primary amides is 1. The first kappa shape index (κ1) is 40.6. The molecular weight excluding hydrogens is 692 g/mol. The highest BCUT2D eigenvalue weighted by molar-refractivity contribution is 5.96. The van der Waals surface area contributed by atoms with Crippen molar-refractivity contribution in [2.75, 3.05) is 26.2 Å². The average Bonchev–Trinajstić information content (AvgIpc) is 3.55. The number of hydrazine groups is 1. The van der Waals surface area contributed by atoms with Gasteiger partial charge in [0.1, 0.15) is 30.7 Å². The summed E-state index contributed by atoms with van der Waals surface area (Å²) < 4.78 is 0. The van der Waals surface area contributed by atoms with E-state index in [1.54, 1.807) is 36.5 Å². The van der Waals surface area contributed by atoms with Gasteiger partial charge in [0.25, 0.3) is 5.91 Å². The molecule has 10 N–H and O–H groups in total. The quantitative estimate of drug-likeness (QED) is 0.106. The maximum absolute atomic E-state index is 14.2. The molecule has 0 unspecified atom stereocenters. The summed E-state index contributed by atoms with van der Waals surface area (Å²) in [4.78, 5) is 85.2. The van der Waals surface area contributed by atoms with Gasteiger partial charge in [-0.1, -0.05) is 66.4 Å². The van der Waals surface area contributed by atoms with Crippen LogP contribution in [-0.4, -0.2) is 107 Å². The fourth-order valence-electron chi connectivity index (χ4n) is 5.67. The zero-order valence-corrected chi connectivity index (χ0v) is 30.4. The molecule has 286 valence electrons. The molecule has 1 aromatic heterocycles. The largest absolute Gasteiger partial charge is 0.368 e. The minimum atomic E-state index is -1.23. The number of nitrogens with two attached hydrogens (primary N) is 2. The molecule has 16 heteroatoms. The Hall–Kier alpha value is -6.18. The number of rotatable bonds is 9. The van der Waals surface area contributed by atoms with E-state index in [1.165, 1.54) is 13.8 Å². The van der Waals surface area contributed by atoms with E-state index in [-0.39, 0.29) is 38.9 Å². The molecule has 16 nitrogen and oxygen atoms in total. The monoisotopic (exact) mass is 740 g/mol. The Morgan fingerprint density at radius 3 is 2.28 bits per heavy atom. The normalized spacial score (nSPS) is 21.6. The third-order valence-electron chi connectivity index (χ3n) is 8.73. The Balaban J connectivity index is 1.72. The number of aromatic nitrogens is 1. The average molecular weight is 741 g/mol. The number of hydrogen-bond donors (Lipinski definition) is 8. The molecule has 0 fully saturated rings. The fourth-order valence-corrected chi connectivity index (χ4v) is 5.67. The molecule has 0 aliphatic carbocycles. The molecular formula is C38H48N10O6. The molecule has 0 saturated carbocycles. The number of benzene rings is 2. The number of para-hydroxylation sites is 1. The van der Waals surface area contributed by atoms with Crippen LogP contribution in [0.25, 0.3) is 10.9 Å². The summed E-state index contributed by atoms with van der Waals surface area (Å²) in [7, 11) is 0. The first-order chi connectivity index (χ1) is 25.9. The Bertz CT molecular complexity index is 1880. The minimum absolute atomic E-state index is 0.0111. The maximum Gasteiger partial charge on any atom is 0.337 e. The van der Waals surface area contributed by atoms with E-state index in [1.807, 2.05) is 35.2 Å². The standard InChI is InChI=1S/C38H48N10O6/c1-4-17-47-18-10-11-19-48(46-34(50)24(2)39)38(54)42-25(3)35(51)44-32(22-27-23-41-29-15-9-8-14-28(27)29)37(53)45-31(21-26-12-6-5-7-13-26)36(52)43-30(16-20-47)33(40)49/h4-9,12-15,23-25,30-32,41H,1,16-22,39H2,2-3H3,(H2,40,49)(H,42,54)(H,43,52)(H,44,51)(H,45,53)(H,46,50)/t24-,25-,30-,31+,32-/m0/s1. The third-order valence-corrected chi connectivity index (χ3v) is 8.73. The van der Waals surface area contributed by atoms with Crippen molar-refractivity contribution in [3.63, 3.8) is 0 Å². The SMILES string of the molecule is C=CCN1CC#CCN(NC(=O)[C@H](C)N)C(=O)N[C@@H](C)C(=O)N[C@@H](Cc2c[nH]c3ccccc23)C(=O)N[C@H](Cc2ccccc2)C(=O)N[C@H](C(N)=O)CC1. The number of nitrogens with zero attached hydrogens (tertiary/aromatic N) is 2. The fraction of sp³-hybridized carbons (Fsp3) is 0.368. The molecule has 2 heterocycles.